The average molecular weight is 366 g/mol. The van der Waals surface area contributed by atoms with Gasteiger partial charge in [-0.25, -0.2) is 4.39 Å². The summed E-state index contributed by atoms with van der Waals surface area (Å²) in [7, 11) is 1.41. The number of halogens is 1. The maximum absolute atomic E-state index is 13.7. The Morgan fingerprint density at radius 2 is 1.96 bits per heavy atom. The molecule has 0 radical (unpaired) electrons. The van der Waals surface area contributed by atoms with Crippen LogP contribution in [0.4, 0.5) is 4.39 Å². The molecule has 0 atom stereocenters. The molecule has 2 aromatic carbocycles. The highest BCUT2D eigenvalue weighted by Gasteiger charge is 2.09. The normalized spacial score (nSPS) is 10.5. The molecule has 0 bridgehead atoms. The number of ether oxygens (including phenoxy) is 2. The molecule has 1 aromatic heterocycles. The minimum absolute atomic E-state index is 0.170. The van der Waals surface area contributed by atoms with Crippen molar-refractivity contribution in [1.82, 2.24) is 4.98 Å². The number of methoxy groups -OCH3 is 1. The molecule has 0 saturated heterocycles. The molecular weight excluding hydrogens is 347 g/mol. The van der Waals surface area contributed by atoms with Crippen molar-refractivity contribution < 1.29 is 18.7 Å². The van der Waals surface area contributed by atoms with Crippen molar-refractivity contribution in [3.8, 4) is 22.8 Å². The molecule has 0 fully saturated rings. The third kappa shape index (κ3) is 4.23. The highest BCUT2D eigenvalue weighted by molar-refractivity contribution is 5.94. The molecule has 27 heavy (non-hydrogen) atoms. The Morgan fingerprint density at radius 3 is 2.63 bits per heavy atom. The van der Waals surface area contributed by atoms with Gasteiger partial charge in [-0.15, -0.1) is 0 Å². The van der Waals surface area contributed by atoms with Crippen LogP contribution in [0.3, 0.4) is 0 Å². The summed E-state index contributed by atoms with van der Waals surface area (Å²) < 4.78 is 24.3. The molecule has 2 N–H and O–H groups in total. The van der Waals surface area contributed by atoms with Crippen LogP contribution in [0, 0.1) is 12.7 Å². The number of rotatable bonds is 6. The lowest BCUT2D eigenvalue weighted by atomic mass is 10.0. The van der Waals surface area contributed by atoms with Gasteiger partial charge in [0.25, 0.3) is 0 Å². The minimum Gasteiger partial charge on any atom is -0.494 e. The summed E-state index contributed by atoms with van der Waals surface area (Å²) in [5, 5.41) is 0. The highest BCUT2D eigenvalue weighted by atomic mass is 19.1. The SMILES string of the molecule is COc1ccc(OCc2ccnc(-c3ccc(C(N)=O)c(C)c3)c2)cc1F. The first kappa shape index (κ1) is 18.4. The van der Waals surface area contributed by atoms with E-state index >= 15 is 0 Å². The predicted molar refractivity (Wildman–Crippen MR) is 100 cm³/mol. The molecule has 0 aliphatic carbocycles. The molecule has 1 heterocycles. The Hall–Kier alpha value is -3.41. The molecule has 138 valence electrons. The first-order chi connectivity index (χ1) is 13.0. The Kier molecular flexibility index (Phi) is 5.35. The number of hydrogen-bond donors (Lipinski definition) is 1. The second-order valence-corrected chi connectivity index (χ2v) is 6.03. The maximum atomic E-state index is 13.7. The van der Waals surface area contributed by atoms with Crippen molar-refractivity contribution >= 4 is 5.91 Å². The molecular formula is C21H19FN2O3. The molecule has 3 aromatic rings. The van der Waals surface area contributed by atoms with E-state index in [2.05, 4.69) is 4.98 Å². The topological polar surface area (TPSA) is 74.4 Å². The molecule has 1 amide bonds. The fourth-order valence-corrected chi connectivity index (χ4v) is 2.72. The third-order valence-electron chi connectivity index (χ3n) is 4.14. The van der Waals surface area contributed by atoms with Crippen molar-refractivity contribution in [2.75, 3.05) is 7.11 Å². The van der Waals surface area contributed by atoms with Gasteiger partial charge in [-0.05, 0) is 54.4 Å². The van der Waals surface area contributed by atoms with E-state index in [-0.39, 0.29) is 12.4 Å². The van der Waals surface area contributed by atoms with Crippen LogP contribution < -0.4 is 15.2 Å². The van der Waals surface area contributed by atoms with Crippen molar-refractivity contribution in [3.63, 3.8) is 0 Å². The Bertz CT molecular complexity index is 989. The summed E-state index contributed by atoms with van der Waals surface area (Å²) in [4.78, 5) is 15.7. The van der Waals surface area contributed by atoms with E-state index in [4.69, 9.17) is 15.2 Å². The van der Waals surface area contributed by atoms with Crippen LogP contribution in [0.1, 0.15) is 21.5 Å². The quantitative estimate of drug-likeness (QED) is 0.718. The van der Waals surface area contributed by atoms with Crippen LogP contribution in [0.5, 0.6) is 11.5 Å². The van der Waals surface area contributed by atoms with Gasteiger partial charge in [0.15, 0.2) is 11.6 Å². The van der Waals surface area contributed by atoms with Crippen molar-refractivity contribution in [1.29, 1.82) is 0 Å². The number of nitrogens with zero attached hydrogens (tertiary/aromatic N) is 1. The third-order valence-corrected chi connectivity index (χ3v) is 4.14. The van der Waals surface area contributed by atoms with Crippen LogP contribution in [0.2, 0.25) is 0 Å². The zero-order chi connectivity index (χ0) is 19.4. The van der Waals surface area contributed by atoms with Gasteiger partial charge in [0, 0.05) is 23.4 Å². The van der Waals surface area contributed by atoms with E-state index in [0.29, 0.717) is 11.3 Å². The van der Waals surface area contributed by atoms with Gasteiger partial charge in [0.2, 0.25) is 5.91 Å². The molecule has 0 unspecified atom stereocenters. The molecule has 0 saturated carbocycles. The summed E-state index contributed by atoms with van der Waals surface area (Å²) in [6.07, 6.45) is 1.68. The number of amides is 1. The fraction of sp³-hybridized carbons (Fsp3) is 0.143. The number of nitrogens with two attached hydrogens (primary N) is 1. The number of hydrogen-bond acceptors (Lipinski definition) is 4. The van der Waals surface area contributed by atoms with Crippen molar-refractivity contribution in [2.24, 2.45) is 5.73 Å². The average Bonchev–Trinajstić information content (AvgIpc) is 2.66. The van der Waals surface area contributed by atoms with Gasteiger partial charge >= 0.3 is 0 Å². The molecule has 5 nitrogen and oxygen atoms in total. The molecule has 0 aliphatic rings. The lowest BCUT2D eigenvalue weighted by Crippen LogP contribution is -2.12. The van der Waals surface area contributed by atoms with Gasteiger partial charge in [-0.1, -0.05) is 6.07 Å². The minimum atomic E-state index is -0.476. The summed E-state index contributed by atoms with van der Waals surface area (Å²) in [6, 6.07) is 13.5. The van der Waals surface area contributed by atoms with Crippen LogP contribution >= 0.6 is 0 Å². The van der Waals surface area contributed by atoms with E-state index in [1.54, 1.807) is 24.4 Å². The van der Waals surface area contributed by atoms with E-state index in [9.17, 15) is 9.18 Å². The number of aryl methyl sites for hydroxylation is 1. The van der Waals surface area contributed by atoms with Crippen LogP contribution in [-0.2, 0) is 6.61 Å². The second kappa shape index (κ2) is 7.86. The summed E-state index contributed by atoms with van der Waals surface area (Å²) in [6.45, 7) is 2.09. The smallest absolute Gasteiger partial charge is 0.248 e. The first-order valence-electron chi connectivity index (χ1n) is 8.30. The Balaban J connectivity index is 1.77. The van der Waals surface area contributed by atoms with Crippen molar-refractivity contribution in [3.05, 3.63) is 77.2 Å². The molecule has 6 heteroatoms. The highest BCUT2D eigenvalue weighted by Crippen LogP contribution is 2.24. The number of pyridine rings is 1. The lowest BCUT2D eigenvalue weighted by molar-refractivity contribution is 0.0999. The van der Waals surface area contributed by atoms with Gasteiger partial charge in [-0.3, -0.25) is 9.78 Å². The maximum Gasteiger partial charge on any atom is 0.248 e. The van der Waals surface area contributed by atoms with Crippen LogP contribution in [0.25, 0.3) is 11.3 Å². The number of carbonyl (C=O) groups is 1. The standard InChI is InChI=1S/C21H19FN2O3/c1-13-9-15(3-5-17(13)21(23)25)19-10-14(7-8-24-19)12-27-16-4-6-20(26-2)18(22)11-16/h3-11H,12H2,1-2H3,(H2,23,25). The number of benzene rings is 2. The van der Waals surface area contributed by atoms with E-state index in [1.165, 1.54) is 19.2 Å². The van der Waals surface area contributed by atoms with Gasteiger partial charge in [-0.2, -0.15) is 0 Å². The van der Waals surface area contributed by atoms with Crippen LogP contribution in [0.15, 0.2) is 54.7 Å². The largest absolute Gasteiger partial charge is 0.494 e. The first-order valence-corrected chi connectivity index (χ1v) is 8.30. The zero-order valence-corrected chi connectivity index (χ0v) is 15.0. The predicted octanol–water partition coefficient (Wildman–Crippen LogP) is 3.88. The number of carbonyl (C=O) groups excluding carboxylic acids is 1. The van der Waals surface area contributed by atoms with Crippen molar-refractivity contribution in [2.45, 2.75) is 13.5 Å². The summed E-state index contributed by atoms with van der Waals surface area (Å²) >= 11 is 0. The Morgan fingerprint density at radius 1 is 1.15 bits per heavy atom. The number of aromatic nitrogens is 1. The Labute approximate surface area is 156 Å². The van der Waals surface area contributed by atoms with Gasteiger partial charge < -0.3 is 15.2 Å². The van der Waals surface area contributed by atoms with E-state index in [0.717, 1.165) is 22.4 Å². The number of primary amides is 1. The summed E-state index contributed by atoms with van der Waals surface area (Å²) in [5.41, 5.74) is 9.12. The zero-order valence-electron chi connectivity index (χ0n) is 15.0. The molecule has 0 aliphatic heterocycles. The fourth-order valence-electron chi connectivity index (χ4n) is 2.72. The molecule has 0 spiro atoms. The van der Waals surface area contributed by atoms with Gasteiger partial charge in [0.05, 0.1) is 12.8 Å². The molecule has 3 rings (SSSR count). The second-order valence-electron chi connectivity index (χ2n) is 6.03. The van der Waals surface area contributed by atoms with Crippen LogP contribution in [-0.4, -0.2) is 18.0 Å². The monoisotopic (exact) mass is 366 g/mol. The summed E-state index contributed by atoms with van der Waals surface area (Å²) in [5.74, 6) is -0.354. The van der Waals surface area contributed by atoms with E-state index in [1.807, 2.05) is 25.1 Å². The van der Waals surface area contributed by atoms with E-state index < -0.39 is 11.7 Å². The van der Waals surface area contributed by atoms with Gasteiger partial charge in [0.1, 0.15) is 12.4 Å². The lowest BCUT2D eigenvalue weighted by Gasteiger charge is -2.10.